The third kappa shape index (κ3) is 3.94. The average Bonchev–Trinajstić information content (AvgIpc) is 3.39. The maximum Gasteiger partial charge on any atom is 0.291 e. The maximum atomic E-state index is 12.6. The quantitative estimate of drug-likeness (QED) is 0.442. The molecule has 0 saturated carbocycles. The molecule has 0 N–H and O–H groups in total. The third-order valence-electron chi connectivity index (χ3n) is 4.12. The van der Waals surface area contributed by atoms with E-state index in [-0.39, 0.29) is 5.56 Å². The zero-order chi connectivity index (χ0) is 18.6. The Morgan fingerprint density at radius 1 is 1.19 bits per heavy atom. The Kier molecular flexibility index (Phi) is 5.31. The molecule has 4 aromatic rings. The van der Waals surface area contributed by atoms with Crippen LogP contribution >= 0.6 is 22.7 Å². The molecule has 1 aromatic carbocycles. The number of nitrogens with zero attached hydrogens (tertiary/aromatic N) is 3. The first-order valence-corrected chi connectivity index (χ1v) is 10.6. The molecule has 0 aliphatic heterocycles. The van der Waals surface area contributed by atoms with Crippen molar-refractivity contribution in [3.05, 3.63) is 62.2 Å². The summed E-state index contributed by atoms with van der Waals surface area (Å²) in [5, 5.41) is 6.32. The SMILES string of the molecule is CCCCCOc1ccc(/C=c2/sc3nc(-c4cccs4)nn3c2=O)cc1. The minimum absolute atomic E-state index is 0.134. The normalized spacial score (nSPS) is 12.1. The van der Waals surface area contributed by atoms with Gasteiger partial charge in [0.05, 0.1) is 16.0 Å². The summed E-state index contributed by atoms with van der Waals surface area (Å²) in [4.78, 5) is 18.7. The first-order valence-electron chi connectivity index (χ1n) is 8.92. The zero-order valence-electron chi connectivity index (χ0n) is 14.9. The predicted octanol–water partition coefficient (Wildman–Crippen LogP) is 4.00. The average molecular weight is 398 g/mol. The fraction of sp³-hybridized carbons (Fsp3) is 0.250. The maximum absolute atomic E-state index is 12.6. The molecule has 27 heavy (non-hydrogen) atoms. The zero-order valence-corrected chi connectivity index (χ0v) is 16.6. The van der Waals surface area contributed by atoms with Crippen LogP contribution in [0.3, 0.4) is 0 Å². The van der Waals surface area contributed by atoms with E-state index in [4.69, 9.17) is 4.74 Å². The fourth-order valence-corrected chi connectivity index (χ4v) is 4.26. The molecular weight excluding hydrogens is 378 g/mol. The van der Waals surface area contributed by atoms with Crippen LogP contribution in [0.5, 0.6) is 5.75 Å². The van der Waals surface area contributed by atoms with Crippen LogP contribution in [0.1, 0.15) is 31.7 Å². The van der Waals surface area contributed by atoms with Gasteiger partial charge in [-0.1, -0.05) is 49.3 Å². The number of hydrogen-bond acceptors (Lipinski definition) is 6. The minimum Gasteiger partial charge on any atom is -0.494 e. The van der Waals surface area contributed by atoms with Crippen molar-refractivity contribution < 1.29 is 4.74 Å². The number of benzene rings is 1. The lowest BCUT2D eigenvalue weighted by Crippen LogP contribution is -2.23. The molecule has 0 bridgehead atoms. The van der Waals surface area contributed by atoms with Gasteiger partial charge >= 0.3 is 0 Å². The highest BCUT2D eigenvalue weighted by molar-refractivity contribution is 7.15. The van der Waals surface area contributed by atoms with Crippen LogP contribution in [-0.4, -0.2) is 21.2 Å². The number of fused-ring (bicyclic) bond motifs is 1. The molecule has 5 nitrogen and oxygen atoms in total. The standard InChI is InChI=1S/C20H19N3O2S2/c1-2-3-4-11-25-15-9-7-14(8-10-15)13-17-19(24)23-20(27-17)21-18(22-23)16-6-5-12-26-16/h5-10,12-13H,2-4,11H2,1H3/b17-13+. The summed E-state index contributed by atoms with van der Waals surface area (Å²) in [6.45, 7) is 2.91. The van der Waals surface area contributed by atoms with Gasteiger partial charge in [0.2, 0.25) is 4.96 Å². The van der Waals surface area contributed by atoms with Crippen LogP contribution in [0.4, 0.5) is 0 Å². The molecular formula is C20H19N3O2S2. The Bertz CT molecular complexity index is 1130. The first-order chi connectivity index (χ1) is 13.2. The molecule has 138 valence electrons. The van der Waals surface area contributed by atoms with Gasteiger partial charge in [0.25, 0.3) is 5.56 Å². The van der Waals surface area contributed by atoms with E-state index in [0.717, 1.165) is 29.2 Å². The van der Waals surface area contributed by atoms with Gasteiger partial charge in [-0.2, -0.15) is 9.50 Å². The molecule has 0 atom stereocenters. The molecule has 0 aliphatic rings. The molecule has 0 radical (unpaired) electrons. The summed E-state index contributed by atoms with van der Waals surface area (Å²) in [7, 11) is 0. The summed E-state index contributed by atoms with van der Waals surface area (Å²) in [5.41, 5.74) is 0.821. The van der Waals surface area contributed by atoms with E-state index in [1.807, 2.05) is 47.9 Å². The van der Waals surface area contributed by atoms with E-state index in [9.17, 15) is 4.79 Å². The van der Waals surface area contributed by atoms with E-state index >= 15 is 0 Å². The minimum atomic E-state index is -0.134. The summed E-state index contributed by atoms with van der Waals surface area (Å²) in [6, 6.07) is 11.7. The molecule has 0 aliphatic carbocycles. The Morgan fingerprint density at radius 3 is 2.74 bits per heavy atom. The second-order valence-corrected chi connectivity index (χ2v) is 8.10. The lowest BCUT2D eigenvalue weighted by molar-refractivity contribution is 0.306. The number of hydrogen-bond donors (Lipinski definition) is 0. The lowest BCUT2D eigenvalue weighted by atomic mass is 10.2. The van der Waals surface area contributed by atoms with E-state index in [1.165, 1.54) is 28.7 Å². The Morgan fingerprint density at radius 2 is 2.04 bits per heavy atom. The van der Waals surface area contributed by atoms with Crippen LogP contribution < -0.4 is 14.8 Å². The van der Waals surface area contributed by atoms with Crippen LogP contribution in [0.25, 0.3) is 21.7 Å². The molecule has 3 aromatic heterocycles. The van der Waals surface area contributed by atoms with Crippen LogP contribution in [-0.2, 0) is 0 Å². The van der Waals surface area contributed by atoms with Gasteiger partial charge in [0.15, 0.2) is 5.82 Å². The molecule has 4 rings (SSSR count). The number of thiophene rings is 1. The molecule has 0 amide bonds. The van der Waals surface area contributed by atoms with Crippen molar-refractivity contribution in [2.24, 2.45) is 0 Å². The highest BCUT2D eigenvalue weighted by atomic mass is 32.1. The van der Waals surface area contributed by atoms with E-state index in [1.54, 1.807) is 11.3 Å². The van der Waals surface area contributed by atoms with Crippen molar-refractivity contribution in [1.29, 1.82) is 0 Å². The topological polar surface area (TPSA) is 56.5 Å². The molecule has 7 heteroatoms. The van der Waals surface area contributed by atoms with Crippen LogP contribution in [0, 0.1) is 0 Å². The van der Waals surface area contributed by atoms with Crippen molar-refractivity contribution in [3.63, 3.8) is 0 Å². The smallest absolute Gasteiger partial charge is 0.291 e. The Hall–Kier alpha value is -2.51. The van der Waals surface area contributed by atoms with Crippen molar-refractivity contribution in [2.45, 2.75) is 26.2 Å². The third-order valence-corrected chi connectivity index (χ3v) is 5.94. The number of ether oxygens (including phenoxy) is 1. The predicted molar refractivity (Wildman–Crippen MR) is 111 cm³/mol. The van der Waals surface area contributed by atoms with Crippen LogP contribution in [0.15, 0.2) is 46.6 Å². The first kappa shape index (κ1) is 17.9. The number of thiazole rings is 1. The van der Waals surface area contributed by atoms with Gasteiger partial charge < -0.3 is 4.74 Å². The lowest BCUT2D eigenvalue weighted by Gasteiger charge is -2.05. The molecule has 0 spiro atoms. The second kappa shape index (κ2) is 8.02. The van der Waals surface area contributed by atoms with Crippen LogP contribution in [0.2, 0.25) is 0 Å². The van der Waals surface area contributed by atoms with Crippen molar-refractivity contribution in [1.82, 2.24) is 14.6 Å². The van der Waals surface area contributed by atoms with Gasteiger partial charge in [-0.05, 0) is 41.6 Å². The summed E-state index contributed by atoms with van der Waals surface area (Å²) in [5.74, 6) is 1.46. The number of aromatic nitrogens is 3. The van der Waals surface area contributed by atoms with Crippen molar-refractivity contribution in [2.75, 3.05) is 6.61 Å². The van der Waals surface area contributed by atoms with Gasteiger partial charge in [-0.3, -0.25) is 4.79 Å². The van der Waals surface area contributed by atoms with Crippen molar-refractivity contribution >= 4 is 33.7 Å². The number of unbranched alkanes of at least 4 members (excludes halogenated alkanes) is 2. The van der Waals surface area contributed by atoms with E-state index < -0.39 is 0 Å². The largest absolute Gasteiger partial charge is 0.494 e. The molecule has 0 saturated heterocycles. The summed E-state index contributed by atoms with van der Waals surface area (Å²) < 4.78 is 7.74. The Labute approximate surface area is 164 Å². The fourth-order valence-electron chi connectivity index (χ4n) is 2.70. The second-order valence-electron chi connectivity index (χ2n) is 6.15. The number of rotatable bonds is 7. The van der Waals surface area contributed by atoms with Gasteiger partial charge in [-0.25, -0.2) is 0 Å². The molecule has 0 fully saturated rings. The highest BCUT2D eigenvalue weighted by Gasteiger charge is 2.12. The van der Waals surface area contributed by atoms with Gasteiger partial charge in [0.1, 0.15) is 5.75 Å². The van der Waals surface area contributed by atoms with Crippen molar-refractivity contribution in [3.8, 4) is 16.5 Å². The summed E-state index contributed by atoms with van der Waals surface area (Å²) >= 11 is 2.92. The summed E-state index contributed by atoms with van der Waals surface area (Å²) in [6.07, 6.45) is 5.30. The van der Waals surface area contributed by atoms with E-state index in [2.05, 4.69) is 17.0 Å². The molecule has 3 heterocycles. The monoisotopic (exact) mass is 397 g/mol. The van der Waals surface area contributed by atoms with Gasteiger partial charge in [0, 0.05) is 0 Å². The van der Waals surface area contributed by atoms with E-state index in [0.29, 0.717) is 15.3 Å². The highest BCUT2D eigenvalue weighted by Crippen LogP contribution is 2.21. The molecule has 0 unspecified atom stereocenters. The van der Waals surface area contributed by atoms with Gasteiger partial charge in [-0.15, -0.1) is 16.4 Å². The Balaban J connectivity index is 1.55.